The molecule has 0 heterocycles. The van der Waals surface area contributed by atoms with Crippen LogP contribution in [0.5, 0.6) is 5.75 Å². The van der Waals surface area contributed by atoms with Gasteiger partial charge in [0.05, 0.1) is 0 Å². The monoisotopic (exact) mass is 350 g/mol. The Hall–Kier alpha value is -2.57. The van der Waals surface area contributed by atoms with Crippen molar-refractivity contribution in [2.24, 2.45) is 0 Å². The highest BCUT2D eigenvalue weighted by molar-refractivity contribution is 5.95. The van der Waals surface area contributed by atoms with Gasteiger partial charge in [-0.3, -0.25) is 10.1 Å². The fraction of sp³-hybridized carbons (Fsp3) is 0.500. The number of rotatable bonds is 7. The first-order valence-corrected chi connectivity index (χ1v) is 8.18. The molecule has 3 amide bonds. The SMILES string of the molecule is Cc1cc(OCC(=O)OCC(=O)NC(=O)NC(C)C)ccc1C(C)C. The standard InChI is InChI=1S/C18H26N2O5/c1-11(2)15-7-6-14(8-13(15)5)24-10-17(22)25-9-16(21)20-18(23)19-12(3)4/h6-8,11-12H,9-10H2,1-5H3,(H2,19,20,21,23). The summed E-state index contributed by atoms with van der Waals surface area (Å²) < 4.78 is 10.1. The van der Waals surface area contributed by atoms with E-state index in [1.165, 1.54) is 5.56 Å². The number of urea groups is 1. The van der Waals surface area contributed by atoms with Gasteiger partial charge in [0.1, 0.15) is 5.75 Å². The van der Waals surface area contributed by atoms with Crippen molar-refractivity contribution in [2.75, 3.05) is 13.2 Å². The highest BCUT2D eigenvalue weighted by Gasteiger charge is 2.12. The summed E-state index contributed by atoms with van der Waals surface area (Å²) in [5.41, 5.74) is 2.29. The van der Waals surface area contributed by atoms with E-state index in [-0.39, 0.29) is 12.6 Å². The Kier molecular flexibility index (Phi) is 7.91. The zero-order valence-electron chi connectivity index (χ0n) is 15.3. The molecule has 0 bridgehead atoms. The molecule has 0 unspecified atom stereocenters. The zero-order valence-corrected chi connectivity index (χ0v) is 15.3. The van der Waals surface area contributed by atoms with Crippen molar-refractivity contribution in [3.05, 3.63) is 29.3 Å². The van der Waals surface area contributed by atoms with Crippen LogP contribution >= 0.6 is 0 Å². The van der Waals surface area contributed by atoms with Crippen molar-refractivity contribution in [3.8, 4) is 5.75 Å². The highest BCUT2D eigenvalue weighted by atomic mass is 16.6. The van der Waals surface area contributed by atoms with Crippen LogP contribution in [-0.4, -0.2) is 37.2 Å². The van der Waals surface area contributed by atoms with Gasteiger partial charge in [-0.15, -0.1) is 0 Å². The molecule has 0 atom stereocenters. The van der Waals surface area contributed by atoms with E-state index in [0.717, 1.165) is 5.56 Å². The van der Waals surface area contributed by atoms with Crippen molar-refractivity contribution in [1.29, 1.82) is 0 Å². The molecule has 138 valence electrons. The topological polar surface area (TPSA) is 93.7 Å². The summed E-state index contributed by atoms with van der Waals surface area (Å²) >= 11 is 0. The number of hydrogen-bond donors (Lipinski definition) is 2. The normalized spacial score (nSPS) is 10.5. The lowest BCUT2D eigenvalue weighted by Crippen LogP contribution is -2.44. The number of aryl methyl sites for hydroxylation is 1. The third-order valence-corrected chi connectivity index (χ3v) is 3.26. The van der Waals surface area contributed by atoms with Gasteiger partial charge < -0.3 is 14.8 Å². The van der Waals surface area contributed by atoms with Gasteiger partial charge in [0.25, 0.3) is 5.91 Å². The fourth-order valence-electron chi connectivity index (χ4n) is 2.18. The van der Waals surface area contributed by atoms with Crippen LogP contribution in [0.15, 0.2) is 18.2 Å². The molecule has 0 aromatic heterocycles. The summed E-state index contributed by atoms with van der Waals surface area (Å²) in [5.74, 6) is -0.432. The fourth-order valence-corrected chi connectivity index (χ4v) is 2.18. The second-order valence-corrected chi connectivity index (χ2v) is 6.30. The number of hydrogen-bond acceptors (Lipinski definition) is 5. The molecule has 0 radical (unpaired) electrons. The molecule has 0 aliphatic heterocycles. The van der Waals surface area contributed by atoms with Crippen molar-refractivity contribution >= 4 is 17.9 Å². The number of carbonyl (C=O) groups is 3. The van der Waals surface area contributed by atoms with Crippen molar-refractivity contribution in [3.63, 3.8) is 0 Å². The van der Waals surface area contributed by atoms with E-state index < -0.39 is 24.5 Å². The van der Waals surface area contributed by atoms with E-state index in [4.69, 9.17) is 9.47 Å². The maximum atomic E-state index is 11.6. The Morgan fingerprint density at radius 2 is 1.76 bits per heavy atom. The number of carbonyl (C=O) groups excluding carboxylic acids is 3. The molecule has 7 nitrogen and oxygen atoms in total. The quantitative estimate of drug-likeness (QED) is 0.736. The molecule has 1 aromatic rings. The molecule has 7 heteroatoms. The van der Waals surface area contributed by atoms with Crippen LogP contribution in [0.4, 0.5) is 4.79 Å². The number of ether oxygens (including phenoxy) is 2. The summed E-state index contributed by atoms with van der Waals surface area (Å²) in [4.78, 5) is 34.4. The van der Waals surface area contributed by atoms with Gasteiger partial charge in [-0.1, -0.05) is 19.9 Å². The van der Waals surface area contributed by atoms with Crippen molar-refractivity contribution < 1.29 is 23.9 Å². The van der Waals surface area contributed by atoms with Crippen molar-refractivity contribution in [2.45, 2.75) is 46.6 Å². The molecule has 1 aromatic carbocycles. The molecule has 0 saturated heterocycles. The van der Waals surface area contributed by atoms with Crippen LogP contribution in [0.3, 0.4) is 0 Å². The first-order chi connectivity index (χ1) is 11.7. The number of benzene rings is 1. The van der Waals surface area contributed by atoms with E-state index in [2.05, 4.69) is 24.5 Å². The second-order valence-electron chi connectivity index (χ2n) is 6.30. The first-order valence-electron chi connectivity index (χ1n) is 8.18. The minimum absolute atomic E-state index is 0.103. The van der Waals surface area contributed by atoms with Crippen LogP contribution in [0.2, 0.25) is 0 Å². The molecule has 2 N–H and O–H groups in total. The van der Waals surface area contributed by atoms with E-state index in [0.29, 0.717) is 11.7 Å². The number of nitrogens with one attached hydrogen (secondary N) is 2. The summed E-state index contributed by atoms with van der Waals surface area (Å²) in [5, 5.41) is 4.55. The first kappa shape index (κ1) is 20.5. The van der Waals surface area contributed by atoms with Crippen LogP contribution in [-0.2, 0) is 14.3 Å². The number of amides is 3. The third kappa shape index (κ3) is 7.69. The van der Waals surface area contributed by atoms with Gasteiger partial charge in [-0.2, -0.15) is 0 Å². The number of esters is 1. The minimum Gasteiger partial charge on any atom is -0.482 e. The molecule has 0 aliphatic rings. The second kappa shape index (κ2) is 9.66. The Bertz CT molecular complexity index is 626. The van der Waals surface area contributed by atoms with Crippen LogP contribution in [0.1, 0.15) is 44.7 Å². The lowest BCUT2D eigenvalue weighted by atomic mass is 9.98. The predicted molar refractivity (Wildman–Crippen MR) is 93.5 cm³/mol. The Labute approximate surface area is 148 Å². The van der Waals surface area contributed by atoms with Gasteiger partial charge in [0.2, 0.25) is 0 Å². The van der Waals surface area contributed by atoms with Gasteiger partial charge >= 0.3 is 12.0 Å². The van der Waals surface area contributed by atoms with Gasteiger partial charge in [0.15, 0.2) is 13.2 Å². The molecule has 1 rings (SSSR count). The molecular formula is C18H26N2O5. The average molecular weight is 350 g/mol. The zero-order chi connectivity index (χ0) is 19.0. The van der Waals surface area contributed by atoms with Crippen molar-refractivity contribution in [1.82, 2.24) is 10.6 Å². The lowest BCUT2D eigenvalue weighted by molar-refractivity contribution is -0.150. The summed E-state index contributed by atoms with van der Waals surface area (Å²) in [6.45, 7) is 8.85. The molecule has 0 aliphatic carbocycles. The number of imide groups is 1. The summed E-state index contributed by atoms with van der Waals surface area (Å²) in [7, 11) is 0. The Morgan fingerprint density at radius 3 is 2.32 bits per heavy atom. The average Bonchev–Trinajstić information content (AvgIpc) is 2.49. The summed E-state index contributed by atoms with van der Waals surface area (Å²) in [6.07, 6.45) is 0. The van der Waals surface area contributed by atoms with E-state index in [1.807, 2.05) is 19.1 Å². The summed E-state index contributed by atoms with van der Waals surface area (Å²) in [6, 6.07) is 4.87. The third-order valence-electron chi connectivity index (χ3n) is 3.26. The van der Waals surface area contributed by atoms with Crippen LogP contribution < -0.4 is 15.4 Å². The van der Waals surface area contributed by atoms with E-state index >= 15 is 0 Å². The molecule has 0 saturated carbocycles. The maximum absolute atomic E-state index is 11.6. The molecule has 0 fully saturated rings. The predicted octanol–water partition coefficient (Wildman–Crippen LogP) is 2.27. The van der Waals surface area contributed by atoms with E-state index in [9.17, 15) is 14.4 Å². The molecule has 0 spiro atoms. The van der Waals surface area contributed by atoms with E-state index in [1.54, 1.807) is 19.9 Å². The lowest BCUT2D eigenvalue weighted by Gasteiger charge is -2.12. The maximum Gasteiger partial charge on any atom is 0.344 e. The Balaban J connectivity index is 2.37. The highest BCUT2D eigenvalue weighted by Crippen LogP contribution is 2.23. The van der Waals surface area contributed by atoms with Crippen LogP contribution in [0, 0.1) is 6.92 Å². The van der Waals surface area contributed by atoms with Gasteiger partial charge in [0, 0.05) is 6.04 Å². The largest absolute Gasteiger partial charge is 0.482 e. The Morgan fingerprint density at radius 1 is 1.08 bits per heavy atom. The van der Waals surface area contributed by atoms with Crippen LogP contribution in [0.25, 0.3) is 0 Å². The smallest absolute Gasteiger partial charge is 0.344 e. The minimum atomic E-state index is -0.705. The van der Waals surface area contributed by atoms with Gasteiger partial charge in [-0.25, -0.2) is 9.59 Å². The van der Waals surface area contributed by atoms with Gasteiger partial charge in [-0.05, 0) is 49.9 Å². The molecular weight excluding hydrogens is 324 g/mol. The molecule has 25 heavy (non-hydrogen) atoms.